The van der Waals surface area contributed by atoms with E-state index in [4.69, 9.17) is 21.3 Å². The summed E-state index contributed by atoms with van der Waals surface area (Å²) in [7, 11) is 0. The van der Waals surface area contributed by atoms with E-state index in [1.165, 1.54) is 0 Å². The van der Waals surface area contributed by atoms with Crippen molar-refractivity contribution < 1.29 is 4.42 Å². The zero-order chi connectivity index (χ0) is 14.7. The fourth-order valence-electron chi connectivity index (χ4n) is 1.91. The molecule has 1 aromatic heterocycles. The number of rotatable bonds is 3. The van der Waals surface area contributed by atoms with E-state index in [-0.39, 0.29) is 0 Å². The maximum absolute atomic E-state index is 8.78. The van der Waals surface area contributed by atoms with Crippen LogP contribution in [0.25, 0.3) is 11.5 Å². The van der Waals surface area contributed by atoms with Crippen molar-refractivity contribution in [2.24, 2.45) is 0 Å². The molecule has 1 unspecified atom stereocenters. The van der Waals surface area contributed by atoms with Crippen molar-refractivity contribution in [2.45, 2.75) is 5.38 Å². The molecular formula is C16H10ClN3O. The van der Waals surface area contributed by atoms with E-state index in [0.29, 0.717) is 17.3 Å². The van der Waals surface area contributed by atoms with E-state index in [1.54, 1.807) is 24.3 Å². The molecule has 0 aliphatic carbocycles. The third-order valence-electron chi connectivity index (χ3n) is 3.01. The maximum atomic E-state index is 8.78. The minimum atomic E-state index is -0.481. The third-order valence-corrected chi connectivity index (χ3v) is 3.45. The first-order valence-electron chi connectivity index (χ1n) is 6.31. The fourth-order valence-corrected chi connectivity index (χ4v) is 2.14. The summed E-state index contributed by atoms with van der Waals surface area (Å²) in [4.78, 5) is 0. The zero-order valence-corrected chi connectivity index (χ0v) is 11.7. The average Bonchev–Trinajstić information content (AvgIpc) is 3.05. The molecule has 0 saturated heterocycles. The Labute approximate surface area is 126 Å². The first kappa shape index (κ1) is 13.3. The summed E-state index contributed by atoms with van der Waals surface area (Å²) in [5, 5.41) is 16.3. The molecule has 0 aliphatic heterocycles. The standard InChI is InChI=1S/C16H10ClN3O/c17-14(12-4-2-1-3-5-12)16-20-19-15(21-16)13-8-6-11(10-18)7-9-13/h1-9,14H. The van der Waals surface area contributed by atoms with E-state index in [9.17, 15) is 0 Å². The molecule has 21 heavy (non-hydrogen) atoms. The molecule has 5 heteroatoms. The van der Waals surface area contributed by atoms with Gasteiger partial charge in [-0.2, -0.15) is 5.26 Å². The average molecular weight is 296 g/mol. The second kappa shape index (κ2) is 5.78. The molecule has 0 aliphatic rings. The minimum Gasteiger partial charge on any atom is -0.419 e. The Morgan fingerprint density at radius 3 is 2.38 bits per heavy atom. The molecule has 1 heterocycles. The topological polar surface area (TPSA) is 62.7 Å². The molecule has 1 atom stereocenters. The van der Waals surface area contributed by atoms with Crippen molar-refractivity contribution in [1.29, 1.82) is 5.26 Å². The number of nitriles is 1. The summed E-state index contributed by atoms with van der Waals surface area (Å²) in [6, 6.07) is 18.5. The highest BCUT2D eigenvalue weighted by Crippen LogP contribution is 2.29. The summed E-state index contributed by atoms with van der Waals surface area (Å²) >= 11 is 6.34. The Morgan fingerprint density at radius 2 is 1.71 bits per heavy atom. The Morgan fingerprint density at radius 1 is 1.00 bits per heavy atom. The van der Waals surface area contributed by atoms with Crippen LogP contribution >= 0.6 is 11.6 Å². The maximum Gasteiger partial charge on any atom is 0.247 e. The van der Waals surface area contributed by atoms with Crippen molar-refractivity contribution in [3.8, 4) is 17.5 Å². The number of halogens is 1. The molecule has 0 saturated carbocycles. The smallest absolute Gasteiger partial charge is 0.247 e. The Balaban J connectivity index is 1.87. The largest absolute Gasteiger partial charge is 0.419 e. The third kappa shape index (κ3) is 2.78. The molecule has 0 bridgehead atoms. The van der Waals surface area contributed by atoms with Crippen LogP contribution in [0.3, 0.4) is 0 Å². The molecular weight excluding hydrogens is 286 g/mol. The molecule has 0 N–H and O–H groups in total. The summed E-state index contributed by atoms with van der Waals surface area (Å²) in [5.74, 6) is 0.735. The SMILES string of the molecule is N#Cc1ccc(-c2nnc(C(Cl)c3ccccc3)o2)cc1. The van der Waals surface area contributed by atoms with Gasteiger partial charge in [-0.3, -0.25) is 0 Å². The van der Waals surface area contributed by atoms with Gasteiger partial charge in [0, 0.05) is 5.56 Å². The van der Waals surface area contributed by atoms with Gasteiger partial charge in [0.15, 0.2) is 0 Å². The van der Waals surface area contributed by atoms with Gasteiger partial charge in [-0.1, -0.05) is 30.3 Å². The van der Waals surface area contributed by atoms with Crippen LogP contribution in [0.2, 0.25) is 0 Å². The predicted molar refractivity (Wildman–Crippen MR) is 78.6 cm³/mol. The van der Waals surface area contributed by atoms with Crippen molar-refractivity contribution in [3.05, 3.63) is 71.6 Å². The first-order chi connectivity index (χ1) is 10.3. The number of alkyl halides is 1. The summed E-state index contributed by atoms with van der Waals surface area (Å²) in [6.45, 7) is 0. The van der Waals surface area contributed by atoms with Crippen LogP contribution in [0.15, 0.2) is 59.0 Å². The molecule has 3 rings (SSSR count). The molecule has 3 aromatic rings. The van der Waals surface area contributed by atoms with Crippen molar-refractivity contribution in [3.63, 3.8) is 0 Å². The monoisotopic (exact) mass is 295 g/mol. The summed E-state index contributed by atoms with van der Waals surface area (Å²) in [5.41, 5.74) is 2.23. The van der Waals surface area contributed by atoms with Crippen LogP contribution in [0, 0.1) is 11.3 Å². The van der Waals surface area contributed by atoms with Gasteiger partial charge in [0.1, 0.15) is 5.38 Å². The number of nitrogens with zero attached hydrogens (tertiary/aromatic N) is 3. The lowest BCUT2D eigenvalue weighted by Gasteiger charge is -2.03. The van der Waals surface area contributed by atoms with E-state index >= 15 is 0 Å². The Bertz CT molecular complexity index is 775. The van der Waals surface area contributed by atoms with E-state index in [2.05, 4.69) is 16.3 Å². The van der Waals surface area contributed by atoms with Gasteiger partial charge in [0.25, 0.3) is 0 Å². The number of aromatic nitrogens is 2. The van der Waals surface area contributed by atoms with E-state index < -0.39 is 5.38 Å². The van der Waals surface area contributed by atoms with Crippen LogP contribution in [0.5, 0.6) is 0 Å². The summed E-state index contributed by atoms with van der Waals surface area (Å²) < 4.78 is 5.62. The van der Waals surface area contributed by atoms with Gasteiger partial charge < -0.3 is 4.42 Å². The van der Waals surface area contributed by atoms with Crippen LogP contribution in [0.1, 0.15) is 22.4 Å². The van der Waals surface area contributed by atoms with Crippen LogP contribution in [-0.2, 0) is 0 Å². The molecule has 4 nitrogen and oxygen atoms in total. The number of hydrogen-bond donors (Lipinski definition) is 0. The number of benzene rings is 2. The highest BCUT2D eigenvalue weighted by Gasteiger charge is 2.18. The lowest BCUT2D eigenvalue weighted by atomic mass is 10.1. The molecule has 0 radical (unpaired) electrons. The molecule has 102 valence electrons. The highest BCUT2D eigenvalue weighted by atomic mass is 35.5. The fraction of sp³-hybridized carbons (Fsp3) is 0.0625. The normalized spacial score (nSPS) is 11.8. The van der Waals surface area contributed by atoms with Gasteiger partial charge in [-0.15, -0.1) is 21.8 Å². The van der Waals surface area contributed by atoms with E-state index in [1.807, 2.05) is 30.3 Å². The highest BCUT2D eigenvalue weighted by molar-refractivity contribution is 6.22. The van der Waals surface area contributed by atoms with Crippen molar-refractivity contribution in [2.75, 3.05) is 0 Å². The van der Waals surface area contributed by atoms with Crippen LogP contribution < -0.4 is 0 Å². The first-order valence-corrected chi connectivity index (χ1v) is 6.74. The van der Waals surface area contributed by atoms with Gasteiger partial charge in [0.2, 0.25) is 11.8 Å². The lowest BCUT2D eigenvalue weighted by Crippen LogP contribution is -1.92. The minimum absolute atomic E-state index is 0.349. The predicted octanol–water partition coefficient (Wildman–Crippen LogP) is 3.94. The summed E-state index contributed by atoms with van der Waals surface area (Å²) in [6.07, 6.45) is 0. The second-order valence-corrected chi connectivity index (χ2v) is 4.84. The second-order valence-electron chi connectivity index (χ2n) is 4.41. The molecule has 0 fully saturated rings. The lowest BCUT2D eigenvalue weighted by molar-refractivity contribution is 0.513. The van der Waals surface area contributed by atoms with Gasteiger partial charge in [0.05, 0.1) is 11.6 Å². The quantitative estimate of drug-likeness (QED) is 0.687. The molecule has 0 spiro atoms. The molecule has 2 aromatic carbocycles. The number of hydrogen-bond acceptors (Lipinski definition) is 4. The Kier molecular flexibility index (Phi) is 3.67. The van der Waals surface area contributed by atoms with Crippen LogP contribution in [-0.4, -0.2) is 10.2 Å². The van der Waals surface area contributed by atoms with Crippen LogP contribution in [0.4, 0.5) is 0 Å². The van der Waals surface area contributed by atoms with Gasteiger partial charge in [-0.05, 0) is 29.8 Å². The molecule has 0 amide bonds. The van der Waals surface area contributed by atoms with Crippen molar-refractivity contribution in [1.82, 2.24) is 10.2 Å². The van der Waals surface area contributed by atoms with Crippen molar-refractivity contribution >= 4 is 11.6 Å². The van der Waals surface area contributed by atoms with E-state index in [0.717, 1.165) is 11.1 Å². The Hall–Kier alpha value is -2.64. The van der Waals surface area contributed by atoms with Gasteiger partial charge >= 0.3 is 0 Å². The zero-order valence-electron chi connectivity index (χ0n) is 10.9. The van der Waals surface area contributed by atoms with Gasteiger partial charge in [-0.25, -0.2) is 0 Å².